The summed E-state index contributed by atoms with van der Waals surface area (Å²) in [4.78, 5) is 22.1. The largest absolute Gasteiger partial charge is 0.486 e. The molecule has 2 aliphatic heterocycles. The maximum Gasteiger partial charge on any atom is 0.222 e. The molecule has 0 unspecified atom stereocenters. The molecule has 0 radical (unpaired) electrons. The Labute approximate surface area is 238 Å². The number of aromatic nitrogens is 2. The van der Waals surface area contributed by atoms with Crippen molar-refractivity contribution < 1.29 is 9.53 Å². The van der Waals surface area contributed by atoms with Gasteiger partial charge < -0.3 is 19.1 Å². The summed E-state index contributed by atoms with van der Waals surface area (Å²) in [7, 11) is 0. The van der Waals surface area contributed by atoms with Crippen LogP contribution in [-0.2, 0) is 17.9 Å². The fourth-order valence-electron chi connectivity index (χ4n) is 6.17. The van der Waals surface area contributed by atoms with Crippen LogP contribution in [0.5, 0.6) is 5.75 Å². The minimum absolute atomic E-state index is 0.366. The first-order chi connectivity index (χ1) is 19.1. The van der Waals surface area contributed by atoms with Crippen LogP contribution < -0.4 is 4.74 Å². The number of para-hydroxylation sites is 1. The number of hydrogen-bond acceptors (Lipinski definition) is 4. The van der Waals surface area contributed by atoms with Gasteiger partial charge in [0, 0.05) is 31.1 Å². The van der Waals surface area contributed by atoms with E-state index in [1.165, 1.54) is 49.6 Å². The Morgan fingerprint density at radius 1 is 0.974 bits per heavy atom. The van der Waals surface area contributed by atoms with Crippen molar-refractivity contribution in [3.63, 3.8) is 0 Å². The summed E-state index contributed by atoms with van der Waals surface area (Å²) in [6.07, 6.45) is 10.2. The van der Waals surface area contributed by atoms with E-state index in [-0.39, 0.29) is 0 Å². The van der Waals surface area contributed by atoms with E-state index in [1.807, 2.05) is 24.3 Å². The van der Waals surface area contributed by atoms with Crippen molar-refractivity contribution in [2.45, 2.75) is 77.9 Å². The van der Waals surface area contributed by atoms with Gasteiger partial charge in [0.15, 0.2) is 0 Å². The number of ether oxygens (including phenoxy) is 1. The molecule has 0 spiro atoms. The maximum atomic E-state index is 12.4. The van der Waals surface area contributed by atoms with Gasteiger partial charge in [0.05, 0.1) is 11.0 Å². The van der Waals surface area contributed by atoms with E-state index in [0.717, 1.165) is 75.1 Å². The first-order valence-corrected chi connectivity index (χ1v) is 15.3. The first kappa shape index (κ1) is 28.0. The standard InChI is InChI=1S/C32H43ClN4O2/c1-25-8-5-10-29-32(25)34-30(24-39-28-14-12-27(33)13-15-28)37(29)21-6-9-26-16-22-35(23-17-26)18-7-11-31(38)36-19-3-2-4-20-36/h5,8,10,12-15,26H,2-4,6-7,9,11,16-24H2,1H3. The van der Waals surface area contributed by atoms with Crippen molar-refractivity contribution in [3.8, 4) is 5.75 Å². The second-order valence-corrected chi connectivity index (χ2v) is 11.8. The molecule has 1 aromatic heterocycles. The van der Waals surface area contributed by atoms with Crippen LogP contribution in [0, 0.1) is 12.8 Å². The van der Waals surface area contributed by atoms with Gasteiger partial charge in [-0.15, -0.1) is 0 Å². The van der Waals surface area contributed by atoms with Gasteiger partial charge in [0.1, 0.15) is 18.2 Å². The summed E-state index contributed by atoms with van der Waals surface area (Å²) >= 11 is 6.03. The Bertz CT molecular complexity index is 1210. The number of piperidine rings is 2. The van der Waals surface area contributed by atoms with Gasteiger partial charge in [-0.2, -0.15) is 0 Å². The van der Waals surface area contributed by atoms with Gasteiger partial charge in [-0.1, -0.05) is 23.7 Å². The molecule has 0 bridgehead atoms. The number of amides is 1. The minimum atomic E-state index is 0.366. The molecule has 2 fully saturated rings. The molecule has 3 aromatic rings. The van der Waals surface area contributed by atoms with Crippen LogP contribution in [0.1, 0.15) is 69.2 Å². The fraction of sp³-hybridized carbons (Fsp3) is 0.562. The highest BCUT2D eigenvalue weighted by molar-refractivity contribution is 6.30. The van der Waals surface area contributed by atoms with Gasteiger partial charge in [0.25, 0.3) is 0 Å². The lowest BCUT2D eigenvalue weighted by Gasteiger charge is -2.32. The number of fused-ring (bicyclic) bond motifs is 1. The van der Waals surface area contributed by atoms with Crippen molar-refractivity contribution >= 4 is 28.5 Å². The molecular weight excluding hydrogens is 508 g/mol. The Balaban J connectivity index is 1.08. The third kappa shape index (κ3) is 7.55. The highest BCUT2D eigenvalue weighted by Gasteiger charge is 2.21. The monoisotopic (exact) mass is 550 g/mol. The molecule has 1 amide bonds. The number of carbonyl (C=O) groups is 1. The van der Waals surface area contributed by atoms with Gasteiger partial charge in [-0.25, -0.2) is 4.98 Å². The average molecular weight is 551 g/mol. The lowest BCUT2D eigenvalue weighted by atomic mass is 9.92. The third-order valence-corrected chi connectivity index (χ3v) is 8.77. The van der Waals surface area contributed by atoms with Crippen molar-refractivity contribution in [2.24, 2.45) is 5.92 Å². The van der Waals surface area contributed by atoms with E-state index < -0.39 is 0 Å². The highest BCUT2D eigenvalue weighted by atomic mass is 35.5. The number of likely N-dealkylation sites (tertiary alicyclic amines) is 2. The predicted molar refractivity (Wildman–Crippen MR) is 158 cm³/mol. The Kier molecular flexibility index (Phi) is 9.81. The van der Waals surface area contributed by atoms with E-state index in [2.05, 4.69) is 39.5 Å². The number of rotatable bonds is 11. The molecule has 6 nitrogen and oxygen atoms in total. The van der Waals surface area contributed by atoms with Crippen molar-refractivity contribution in [2.75, 3.05) is 32.7 Å². The zero-order chi connectivity index (χ0) is 27.0. The van der Waals surface area contributed by atoms with Crippen LogP contribution in [-0.4, -0.2) is 58.0 Å². The van der Waals surface area contributed by atoms with Crippen LogP contribution in [0.2, 0.25) is 5.02 Å². The molecule has 39 heavy (non-hydrogen) atoms. The second kappa shape index (κ2) is 13.7. The van der Waals surface area contributed by atoms with E-state index in [0.29, 0.717) is 24.0 Å². The third-order valence-electron chi connectivity index (χ3n) is 8.52. The molecule has 0 aliphatic carbocycles. The van der Waals surface area contributed by atoms with Gasteiger partial charge in [0.2, 0.25) is 5.91 Å². The number of imidazole rings is 1. The van der Waals surface area contributed by atoms with Crippen LogP contribution in [0.25, 0.3) is 11.0 Å². The average Bonchev–Trinajstić information content (AvgIpc) is 3.32. The normalized spacial score (nSPS) is 17.1. The van der Waals surface area contributed by atoms with Crippen LogP contribution >= 0.6 is 11.6 Å². The van der Waals surface area contributed by atoms with Crippen molar-refractivity contribution in [3.05, 3.63) is 58.9 Å². The van der Waals surface area contributed by atoms with E-state index in [1.54, 1.807) is 0 Å². The predicted octanol–water partition coefficient (Wildman–Crippen LogP) is 6.86. The summed E-state index contributed by atoms with van der Waals surface area (Å²) in [6, 6.07) is 13.9. The van der Waals surface area contributed by atoms with Gasteiger partial charge in [-0.3, -0.25) is 4.79 Å². The minimum Gasteiger partial charge on any atom is -0.486 e. The van der Waals surface area contributed by atoms with E-state index in [4.69, 9.17) is 21.3 Å². The Morgan fingerprint density at radius 2 is 1.74 bits per heavy atom. The molecule has 2 saturated heterocycles. The summed E-state index contributed by atoms with van der Waals surface area (Å²) in [6.45, 7) is 8.84. The molecule has 0 N–H and O–H groups in total. The SMILES string of the molecule is Cc1cccc2c1nc(COc1ccc(Cl)cc1)n2CCCC1CCN(CCCC(=O)N2CCCCC2)CC1. The number of nitrogens with zero attached hydrogens (tertiary/aromatic N) is 4. The molecule has 3 heterocycles. The summed E-state index contributed by atoms with van der Waals surface area (Å²) in [5.74, 6) is 2.92. The smallest absolute Gasteiger partial charge is 0.222 e. The second-order valence-electron chi connectivity index (χ2n) is 11.3. The number of hydrogen-bond donors (Lipinski definition) is 0. The Morgan fingerprint density at radius 3 is 2.51 bits per heavy atom. The summed E-state index contributed by atoms with van der Waals surface area (Å²) in [5.41, 5.74) is 3.46. The van der Waals surface area contributed by atoms with Crippen molar-refractivity contribution in [1.29, 1.82) is 0 Å². The first-order valence-electron chi connectivity index (χ1n) is 14.9. The molecule has 210 valence electrons. The molecule has 0 atom stereocenters. The summed E-state index contributed by atoms with van der Waals surface area (Å²) < 4.78 is 8.43. The molecule has 7 heteroatoms. The molecule has 2 aliphatic rings. The van der Waals surface area contributed by atoms with Crippen LogP contribution in [0.4, 0.5) is 0 Å². The topological polar surface area (TPSA) is 50.6 Å². The molecule has 2 aromatic carbocycles. The number of halogens is 1. The number of aryl methyl sites for hydroxylation is 2. The molecule has 5 rings (SSSR count). The highest BCUT2D eigenvalue weighted by Crippen LogP contribution is 2.26. The molecular formula is C32H43ClN4O2. The molecule has 0 saturated carbocycles. The van der Waals surface area contributed by atoms with Crippen molar-refractivity contribution in [1.82, 2.24) is 19.4 Å². The van der Waals surface area contributed by atoms with E-state index in [9.17, 15) is 4.79 Å². The maximum absolute atomic E-state index is 12.4. The van der Waals surface area contributed by atoms with Crippen LogP contribution in [0.15, 0.2) is 42.5 Å². The van der Waals surface area contributed by atoms with Gasteiger partial charge in [-0.05, 0) is 120 Å². The quantitative estimate of drug-likeness (QED) is 0.261. The lowest BCUT2D eigenvalue weighted by Crippen LogP contribution is -2.37. The fourth-order valence-corrected chi connectivity index (χ4v) is 6.29. The zero-order valence-corrected chi connectivity index (χ0v) is 24.2. The van der Waals surface area contributed by atoms with Gasteiger partial charge >= 0.3 is 0 Å². The van der Waals surface area contributed by atoms with E-state index >= 15 is 0 Å². The number of carbonyl (C=O) groups excluding carboxylic acids is 1. The van der Waals surface area contributed by atoms with Crippen LogP contribution in [0.3, 0.4) is 0 Å². The zero-order valence-electron chi connectivity index (χ0n) is 23.4. The number of benzene rings is 2. The summed E-state index contributed by atoms with van der Waals surface area (Å²) in [5, 5.41) is 0.707. The Hall–Kier alpha value is -2.57. The lowest BCUT2D eigenvalue weighted by molar-refractivity contribution is -0.132.